The standard InChI is InChI=1S/C15H27NO4/c1-3-4-7-20-8-5-6-16-14(17)12-9-11(2)10-13(12)15(18)19/h11-13H,3-10H2,1-2H3,(H,16,17)(H,18,19). The summed E-state index contributed by atoms with van der Waals surface area (Å²) < 4.78 is 5.41. The molecule has 0 spiro atoms. The van der Waals surface area contributed by atoms with Gasteiger partial charge in [-0.05, 0) is 31.6 Å². The van der Waals surface area contributed by atoms with Gasteiger partial charge < -0.3 is 15.2 Å². The molecule has 1 rings (SSSR count). The van der Waals surface area contributed by atoms with Crippen LogP contribution >= 0.6 is 0 Å². The molecule has 0 aromatic rings. The number of carbonyl (C=O) groups excluding carboxylic acids is 1. The third kappa shape index (κ3) is 5.49. The summed E-state index contributed by atoms with van der Waals surface area (Å²) in [5.41, 5.74) is 0. The largest absolute Gasteiger partial charge is 0.481 e. The average molecular weight is 285 g/mol. The molecule has 0 radical (unpaired) electrons. The minimum Gasteiger partial charge on any atom is -0.481 e. The number of aliphatic carboxylic acids is 1. The number of ether oxygens (including phenoxy) is 1. The fraction of sp³-hybridized carbons (Fsp3) is 0.867. The van der Waals surface area contributed by atoms with Crippen LogP contribution in [0.2, 0.25) is 0 Å². The van der Waals surface area contributed by atoms with Crippen molar-refractivity contribution in [3.63, 3.8) is 0 Å². The number of amides is 1. The minimum atomic E-state index is -0.850. The topological polar surface area (TPSA) is 75.6 Å². The normalized spacial score (nSPS) is 25.6. The Balaban J connectivity index is 2.20. The highest BCUT2D eigenvalue weighted by Crippen LogP contribution is 2.36. The lowest BCUT2D eigenvalue weighted by atomic mass is 9.95. The fourth-order valence-electron chi connectivity index (χ4n) is 2.72. The zero-order valence-corrected chi connectivity index (χ0v) is 12.6. The van der Waals surface area contributed by atoms with Gasteiger partial charge >= 0.3 is 5.97 Å². The summed E-state index contributed by atoms with van der Waals surface area (Å²) in [6.45, 7) is 6.09. The SMILES string of the molecule is CCCCOCCCNC(=O)C1CC(C)CC1C(=O)O. The van der Waals surface area contributed by atoms with Gasteiger partial charge in [-0.1, -0.05) is 20.3 Å². The van der Waals surface area contributed by atoms with Gasteiger partial charge in [-0.15, -0.1) is 0 Å². The molecule has 5 heteroatoms. The Morgan fingerprint density at radius 1 is 1.20 bits per heavy atom. The molecule has 0 aromatic heterocycles. The Labute approximate surface area is 121 Å². The molecule has 0 heterocycles. The predicted molar refractivity (Wildman–Crippen MR) is 76.4 cm³/mol. The van der Waals surface area contributed by atoms with E-state index in [4.69, 9.17) is 9.84 Å². The molecule has 1 amide bonds. The van der Waals surface area contributed by atoms with E-state index in [-0.39, 0.29) is 11.8 Å². The highest BCUT2D eigenvalue weighted by Gasteiger charge is 2.40. The molecule has 1 aliphatic rings. The molecule has 2 N–H and O–H groups in total. The summed E-state index contributed by atoms with van der Waals surface area (Å²) >= 11 is 0. The zero-order valence-electron chi connectivity index (χ0n) is 12.6. The van der Waals surface area contributed by atoms with E-state index >= 15 is 0 Å². The molecular weight excluding hydrogens is 258 g/mol. The van der Waals surface area contributed by atoms with Crippen LogP contribution in [-0.2, 0) is 14.3 Å². The fourth-order valence-corrected chi connectivity index (χ4v) is 2.72. The van der Waals surface area contributed by atoms with Crippen LogP contribution < -0.4 is 5.32 Å². The van der Waals surface area contributed by atoms with Crippen molar-refractivity contribution in [2.24, 2.45) is 17.8 Å². The van der Waals surface area contributed by atoms with Gasteiger partial charge in [0, 0.05) is 19.8 Å². The molecule has 1 aliphatic carbocycles. The Morgan fingerprint density at radius 3 is 2.50 bits per heavy atom. The van der Waals surface area contributed by atoms with Gasteiger partial charge in [0.15, 0.2) is 0 Å². The summed E-state index contributed by atoms with van der Waals surface area (Å²) in [4.78, 5) is 23.2. The third-order valence-corrected chi connectivity index (χ3v) is 3.86. The Morgan fingerprint density at radius 2 is 1.85 bits per heavy atom. The molecule has 20 heavy (non-hydrogen) atoms. The quantitative estimate of drug-likeness (QED) is 0.636. The second-order valence-corrected chi connectivity index (χ2v) is 5.74. The maximum Gasteiger partial charge on any atom is 0.307 e. The van der Waals surface area contributed by atoms with E-state index in [9.17, 15) is 9.59 Å². The van der Waals surface area contributed by atoms with Crippen molar-refractivity contribution in [1.82, 2.24) is 5.32 Å². The first-order valence-corrected chi connectivity index (χ1v) is 7.64. The Kier molecular flexibility index (Phi) is 7.59. The van der Waals surface area contributed by atoms with E-state index in [0.717, 1.165) is 25.9 Å². The van der Waals surface area contributed by atoms with E-state index in [1.807, 2.05) is 6.92 Å². The van der Waals surface area contributed by atoms with Crippen LogP contribution in [0.25, 0.3) is 0 Å². The molecule has 3 atom stereocenters. The van der Waals surface area contributed by atoms with E-state index in [1.54, 1.807) is 0 Å². The maximum absolute atomic E-state index is 12.0. The second-order valence-electron chi connectivity index (χ2n) is 5.74. The van der Waals surface area contributed by atoms with Gasteiger partial charge in [-0.2, -0.15) is 0 Å². The number of rotatable bonds is 9. The van der Waals surface area contributed by atoms with Gasteiger partial charge in [0.05, 0.1) is 11.8 Å². The number of carbonyl (C=O) groups is 2. The minimum absolute atomic E-state index is 0.115. The van der Waals surface area contributed by atoms with Crippen LogP contribution in [0.4, 0.5) is 0 Å². The van der Waals surface area contributed by atoms with E-state index in [0.29, 0.717) is 31.9 Å². The molecule has 0 saturated heterocycles. The average Bonchev–Trinajstić information content (AvgIpc) is 2.80. The molecule has 3 unspecified atom stereocenters. The monoisotopic (exact) mass is 285 g/mol. The summed E-state index contributed by atoms with van der Waals surface area (Å²) in [5.74, 6) is -1.55. The summed E-state index contributed by atoms with van der Waals surface area (Å²) in [5, 5.41) is 12.0. The second kappa shape index (κ2) is 8.95. The van der Waals surface area contributed by atoms with Crippen molar-refractivity contribution in [2.75, 3.05) is 19.8 Å². The zero-order chi connectivity index (χ0) is 15.0. The van der Waals surface area contributed by atoms with Crippen molar-refractivity contribution in [3.8, 4) is 0 Å². The molecule has 0 bridgehead atoms. The Bertz CT molecular complexity index is 319. The van der Waals surface area contributed by atoms with Crippen molar-refractivity contribution in [2.45, 2.75) is 46.0 Å². The molecule has 5 nitrogen and oxygen atoms in total. The number of carboxylic acid groups (broad SMARTS) is 1. The molecule has 1 fully saturated rings. The molecule has 0 aliphatic heterocycles. The van der Waals surface area contributed by atoms with Gasteiger partial charge in [0.25, 0.3) is 0 Å². The van der Waals surface area contributed by atoms with Crippen molar-refractivity contribution >= 4 is 11.9 Å². The first kappa shape index (κ1) is 17.0. The van der Waals surface area contributed by atoms with Gasteiger partial charge in [0.2, 0.25) is 5.91 Å². The van der Waals surface area contributed by atoms with Crippen molar-refractivity contribution in [3.05, 3.63) is 0 Å². The molecule has 0 aromatic carbocycles. The first-order valence-electron chi connectivity index (χ1n) is 7.64. The van der Waals surface area contributed by atoms with Gasteiger partial charge in [-0.25, -0.2) is 0 Å². The number of carboxylic acids is 1. The Hall–Kier alpha value is -1.10. The smallest absolute Gasteiger partial charge is 0.307 e. The number of nitrogens with one attached hydrogen (secondary N) is 1. The van der Waals surface area contributed by atoms with Crippen LogP contribution in [-0.4, -0.2) is 36.7 Å². The first-order chi connectivity index (χ1) is 9.56. The lowest BCUT2D eigenvalue weighted by Crippen LogP contribution is -2.36. The molecule has 116 valence electrons. The van der Waals surface area contributed by atoms with Crippen LogP contribution in [0, 0.1) is 17.8 Å². The van der Waals surface area contributed by atoms with Crippen LogP contribution in [0.15, 0.2) is 0 Å². The molecule has 1 saturated carbocycles. The van der Waals surface area contributed by atoms with E-state index in [1.165, 1.54) is 0 Å². The number of unbranched alkanes of at least 4 members (excludes halogenated alkanes) is 1. The van der Waals surface area contributed by atoms with Crippen LogP contribution in [0.5, 0.6) is 0 Å². The van der Waals surface area contributed by atoms with Crippen LogP contribution in [0.1, 0.15) is 46.0 Å². The third-order valence-electron chi connectivity index (χ3n) is 3.86. The van der Waals surface area contributed by atoms with Gasteiger partial charge in [0.1, 0.15) is 0 Å². The van der Waals surface area contributed by atoms with Crippen molar-refractivity contribution < 1.29 is 19.4 Å². The number of hydrogen-bond acceptors (Lipinski definition) is 3. The highest BCUT2D eigenvalue weighted by atomic mass is 16.5. The van der Waals surface area contributed by atoms with Crippen molar-refractivity contribution in [1.29, 1.82) is 0 Å². The predicted octanol–water partition coefficient (Wildman–Crippen LogP) is 2.06. The highest BCUT2D eigenvalue weighted by molar-refractivity contribution is 5.85. The van der Waals surface area contributed by atoms with E-state index < -0.39 is 11.9 Å². The summed E-state index contributed by atoms with van der Waals surface area (Å²) in [6, 6.07) is 0. The maximum atomic E-state index is 12.0. The lowest BCUT2D eigenvalue weighted by molar-refractivity contribution is -0.146. The lowest BCUT2D eigenvalue weighted by Gasteiger charge is -2.15. The molecular formula is C15H27NO4. The van der Waals surface area contributed by atoms with Crippen LogP contribution in [0.3, 0.4) is 0 Å². The summed E-state index contributed by atoms with van der Waals surface area (Å²) in [7, 11) is 0. The number of hydrogen-bond donors (Lipinski definition) is 2. The van der Waals surface area contributed by atoms with E-state index in [2.05, 4.69) is 12.2 Å². The van der Waals surface area contributed by atoms with Gasteiger partial charge in [-0.3, -0.25) is 9.59 Å². The summed E-state index contributed by atoms with van der Waals surface area (Å²) in [6.07, 6.45) is 4.23.